The molecule has 0 bridgehead atoms. The van der Waals surface area contributed by atoms with Crippen molar-refractivity contribution in [2.45, 2.75) is 32.7 Å². The quantitative estimate of drug-likeness (QED) is 0.852. The molecule has 0 spiro atoms. The molecule has 2 aromatic rings. The highest BCUT2D eigenvalue weighted by Crippen LogP contribution is 2.36. The van der Waals surface area contributed by atoms with E-state index in [-0.39, 0.29) is 5.82 Å². The highest BCUT2D eigenvalue weighted by atomic mass is 19.1. The van der Waals surface area contributed by atoms with Crippen LogP contribution in [0.2, 0.25) is 0 Å². The Bertz CT molecular complexity index is 618. The number of nitrogen functional groups attached to an aromatic ring is 1. The first kappa shape index (κ1) is 12.2. The van der Waals surface area contributed by atoms with E-state index in [1.54, 1.807) is 12.1 Å². The molecule has 19 heavy (non-hydrogen) atoms. The van der Waals surface area contributed by atoms with Crippen LogP contribution in [0.3, 0.4) is 0 Å². The van der Waals surface area contributed by atoms with E-state index in [1.807, 2.05) is 6.07 Å². The maximum absolute atomic E-state index is 13.9. The number of aromatic nitrogens is 2. The van der Waals surface area contributed by atoms with Crippen molar-refractivity contribution in [3.8, 4) is 11.3 Å². The number of hydrogen-bond acceptors (Lipinski definition) is 2. The van der Waals surface area contributed by atoms with Gasteiger partial charge in [0.1, 0.15) is 23.2 Å². The summed E-state index contributed by atoms with van der Waals surface area (Å²) in [5.74, 6) is 1.88. The van der Waals surface area contributed by atoms with Crippen LogP contribution in [0.1, 0.15) is 32.1 Å². The van der Waals surface area contributed by atoms with Crippen molar-refractivity contribution in [2.75, 3.05) is 5.73 Å². The van der Waals surface area contributed by atoms with Crippen LogP contribution in [0.25, 0.3) is 11.3 Å². The predicted molar refractivity (Wildman–Crippen MR) is 74.2 cm³/mol. The lowest BCUT2D eigenvalue weighted by Gasteiger charge is -2.27. The van der Waals surface area contributed by atoms with E-state index in [0.717, 1.165) is 18.7 Å². The zero-order valence-corrected chi connectivity index (χ0v) is 11.2. The van der Waals surface area contributed by atoms with Crippen LogP contribution in [0.15, 0.2) is 24.3 Å². The Labute approximate surface area is 112 Å². The number of rotatable bonds is 1. The van der Waals surface area contributed by atoms with Gasteiger partial charge in [0.05, 0.1) is 0 Å². The minimum atomic E-state index is -0.273. The largest absolute Gasteiger partial charge is 0.383 e. The summed E-state index contributed by atoms with van der Waals surface area (Å²) in [6.07, 6.45) is 1.99. The second-order valence-corrected chi connectivity index (χ2v) is 5.51. The molecular formula is C15H18FN3. The molecule has 1 aromatic heterocycles. The van der Waals surface area contributed by atoms with Crippen LogP contribution >= 0.6 is 0 Å². The monoisotopic (exact) mass is 259 g/mol. The molecule has 0 saturated heterocycles. The summed E-state index contributed by atoms with van der Waals surface area (Å²) in [7, 11) is 0. The SMILES string of the molecule is CC1Cc2nc(-c3ccccc3F)c(N)n2C(C)C1. The molecule has 0 saturated carbocycles. The number of imidazole rings is 1. The Morgan fingerprint density at radius 2 is 2.05 bits per heavy atom. The lowest BCUT2D eigenvalue weighted by molar-refractivity contribution is 0.346. The molecule has 3 nitrogen and oxygen atoms in total. The number of anilines is 1. The maximum atomic E-state index is 13.9. The molecule has 3 rings (SSSR count). The highest BCUT2D eigenvalue weighted by molar-refractivity contribution is 5.71. The van der Waals surface area contributed by atoms with Crippen molar-refractivity contribution < 1.29 is 4.39 Å². The molecule has 100 valence electrons. The van der Waals surface area contributed by atoms with Crippen LogP contribution in [0, 0.1) is 11.7 Å². The zero-order valence-electron chi connectivity index (χ0n) is 11.2. The Balaban J connectivity index is 2.15. The first-order valence-corrected chi connectivity index (χ1v) is 6.69. The summed E-state index contributed by atoms with van der Waals surface area (Å²) in [6, 6.07) is 6.98. The number of nitrogens with two attached hydrogens (primary N) is 1. The fourth-order valence-electron chi connectivity index (χ4n) is 3.06. The smallest absolute Gasteiger partial charge is 0.132 e. The Hall–Kier alpha value is -1.84. The number of hydrogen-bond donors (Lipinski definition) is 1. The predicted octanol–water partition coefficient (Wildman–Crippen LogP) is 3.41. The average molecular weight is 259 g/mol. The molecule has 2 atom stereocenters. The minimum Gasteiger partial charge on any atom is -0.383 e. The Kier molecular flexibility index (Phi) is 2.81. The second-order valence-electron chi connectivity index (χ2n) is 5.51. The molecule has 4 heteroatoms. The van der Waals surface area contributed by atoms with Crippen molar-refractivity contribution in [2.24, 2.45) is 5.92 Å². The van der Waals surface area contributed by atoms with Gasteiger partial charge in [-0.3, -0.25) is 0 Å². The first-order chi connectivity index (χ1) is 9.08. The second kappa shape index (κ2) is 4.37. The summed E-state index contributed by atoms with van der Waals surface area (Å²) in [5.41, 5.74) is 7.26. The van der Waals surface area contributed by atoms with Gasteiger partial charge in [0.2, 0.25) is 0 Å². The topological polar surface area (TPSA) is 43.8 Å². The minimum absolute atomic E-state index is 0.273. The molecule has 2 unspecified atom stereocenters. The van der Waals surface area contributed by atoms with E-state index in [2.05, 4.69) is 23.4 Å². The van der Waals surface area contributed by atoms with Gasteiger partial charge in [0.25, 0.3) is 0 Å². The van der Waals surface area contributed by atoms with Gasteiger partial charge in [-0.1, -0.05) is 19.1 Å². The van der Waals surface area contributed by atoms with Gasteiger partial charge >= 0.3 is 0 Å². The van der Waals surface area contributed by atoms with Gasteiger partial charge < -0.3 is 10.3 Å². The third kappa shape index (κ3) is 1.91. The summed E-state index contributed by atoms with van der Waals surface area (Å²) < 4.78 is 15.9. The van der Waals surface area contributed by atoms with Crippen LogP contribution in [-0.4, -0.2) is 9.55 Å². The van der Waals surface area contributed by atoms with Gasteiger partial charge in [0, 0.05) is 18.0 Å². The summed E-state index contributed by atoms with van der Waals surface area (Å²) in [6.45, 7) is 4.36. The van der Waals surface area contributed by atoms with Gasteiger partial charge in [-0.2, -0.15) is 0 Å². The molecule has 1 aromatic carbocycles. The maximum Gasteiger partial charge on any atom is 0.132 e. The van der Waals surface area contributed by atoms with Gasteiger partial charge in [0.15, 0.2) is 0 Å². The van der Waals surface area contributed by atoms with E-state index < -0.39 is 0 Å². The van der Waals surface area contributed by atoms with Gasteiger partial charge in [-0.25, -0.2) is 9.37 Å². The zero-order chi connectivity index (χ0) is 13.6. The molecule has 2 N–H and O–H groups in total. The summed E-state index contributed by atoms with van der Waals surface area (Å²) in [5, 5.41) is 0. The third-order valence-corrected chi connectivity index (χ3v) is 3.87. The lowest BCUT2D eigenvalue weighted by Crippen LogP contribution is -2.22. The number of nitrogens with zero attached hydrogens (tertiary/aromatic N) is 2. The molecule has 1 aliphatic heterocycles. The fourth-order valence-corrected chi connectivity index (χ4v) is 3.06. The van der Waals surface area contributed by atoms with Crippen molar-refractivity contribution >= 4 is 5.82 Å². The molecule has 0 aliphatic carbocycles. The van der Waals surface area contributed by atoms with Crippen molar-refractivity contribution in [1.82, 2.24) is 9.55 Å². The number of fused-ring (bicyclic) bond motifs is 1. The lowest BCUT2D eigenvalue weighted by atomic mass is 9.95. The van der Waals surface area contributed by atoms with Gasteiger partial charge in [-0.05, 0) is 31.4 Å². The standard InChI is InChI=1S/C15H18FN3/c1-9-7-10(2)19-13(8-9)18-14(15(19)17)11-5-3-4-6-12(11)16/h3-6,9-10H,7-8,17H2,1-2H3. The van der Waals surface area contributed by atoms with E-state index in [4.69, 9.17) is 5.73 Å². The molecule has 0 amide bonds. The van der Waals surface area contributed by atoms with Crippen LogP contribution < -0.4 is 5.73 Å². The van der Waals surface area contributed by atoms with Crippen molar-refractivity contribution in [3.05, 3.63) is 35.9 Å². The van der Waals surface area contributed by atoms with Crippen LogP contribution in [-0.2, 0) is 6.42 Å². The normalized spacial score (nSPS) is 22.3. The van der Waals surface area contributed by atoms with E-state index in [1.165, 1.54) is 6.07 Å². The molecule has 1 aliphatic rings. The van der Waals surface area contributed by atoms with Gasteiger partial charge in [-0.15, -0.1) is 0 Å². The number of halogens is 1. The van der Waals surface area contributed by atoms with Crippen molar-refractivity contribution in [3.63, 3.8) is 0 Å². The third-order valence-electron chi connectivity index (χ3n) is 3.87. The Morgan fingerprint density at radius 3 is 2.79 bits per heavy atom. The van der Waals surface area contributed by atoms with Crippen LogP contribution in [0.5, 0.6) is 0 Å². The molecule has 2 heterocycles. The highest BCUT2D eigenvalue weighted by Gasteiger charge is 2.27. The van der Waals surface area contributed by atoms with E-state index in [9.17, 15) is 4.39 Å². The first-order valence-electron chi connectivity index (χ1n) is 6.69. The fraction of sp³-hybridized carbons (Fsp3) is 0.400. The molecular weight excluding hydrogens is 241 g/mol. The van der Waals surface area contributed by atoms with Crippen molar-refractivity contribution in [1.29, 1.82) is 0 Å². The number of benzene rings is 1. The van der Waals surface area contributed by atoms with E-state index >= 15 is 0 Å². The summed E-state index contributed by atoms with van der Waals surface area (Å²) >= 11 is 0. The van der Waals surface area contributed by atoms with E-state index in [0.29, 0.717) is 29.0 Å². The Morgan fingerprint density at radius 1 is 1.32 bits per heavy atom. The summed E-state index contributed by atoms with van der Waals surface area (Å²) in [4.78, 5) is 4.58. The molecule has 0 radical (unpaired) electrons. The van der Waals surface area contributed by atoms with Crippen LogP contribution in [0.4, 0.5) is 10.2 Å². The average Bonchev–Trinajstić information content (AvgIpc) is 2.67. The molecule has 0 fully saturated rings.